The molecule has 0 spiro atoms. The fourth-order valence-electron chi connectivity index (χ4n) is 3.10. The molecular formula is C23H25NO4. The van der Waals surface area contributed by atoms with Gasteiger partial charge in [0.05, 0.1) is 5.57 Å². The van der Waals surface area contributed by atoms with Crippen molar-refractivity contribution in [2.24, 2.45) is 10.4 Å². The summed E-state index contributed by atoms with van der Waals surface area (Å²) in [4.78, 5) is 16.7. The lowest BCUT2D eigenvalue weighted by molar-refractivity contribution is -0.117. The summed E-state index contributed by atoms with van der Waals surface area (Å²) in [6.07, 6.45) is 2.30. The summed E-state index contributed by atoms with van der Waals surface area (Å²) in [5.74, 6) is 1.39. The van der Waals surface area contributed by atoms with E-state index in [1.807, 2.05) is 62.4 Å². The molecule has 5 nitrogen and oxygen atoms in total. The molecule has 0 radical (unpaired) electrons. The molecule has 0 bridgehead atoms. The molecule has 0 amide bonds. The van der Waals surface area contributed by atoms with Crippen LogP contribution in [-0.4, -0.2) is 30.3 Å². The molecule has 0 saturated heterocycles. The van der Waals surface area contributed by atoms with Gasteiger partial charge in [-0.3, -0.25) is 9.79 Å². The Kier molecular flexibility index (Phi) is 6.14. The lowest BCUT2D eigenvalue weighted by Crippen LogP contribution is -2.26. The van der Waals surface area contributed by atoms with Gasteiger partial charge in [-0.05, 0) is 29.7 Å². The van der Waals surface area contributed by atoms with Crippen LogP contribution in [0, 0.1) is 5.41 Å². The van der Waals surface area contributed by atoms with Crippen LogP contribution in [-0.2, 0) is 4.79 Å². The summed E-state index contributed by atoms with van der Waals surface area (Å²) in [7, 11) is 0. The molecular weight excluding hydrogens is 354 g/mol. The Morgan fingerprint density at radius 1 is 1.00 bits per heavy atom. The molecule has 2 aromatic rings. The average molecular weight is 379 g/mol. The molecule has 0 unspecified atom stereocenters. The summed E-state index contributed by atoms with van der Waals surface area (Å²) in [5.41, 5.74) is 0.653. The molecule has 0 fully saturated rings. The van der Waals surface area contributed by atoms with Gasteiger partial charge in [0, 0.05) is 19.1 Å². The highest BCUT2D eigenvalue weighted by Gasteiger charge is 2.32. The van der Waals surface area contributed by atoms with E-state index >= 15 is 0 Å². The molecule has 0 heterocycles. The first-order valence-corrected chi connectivity index (χ1v) is 9.34. The number of aliphatic imine (C=N–C) groups is 1. The first kappa shape index (κ1) is 19.7. The second-order valence-electron chi connectivity index (χ2n) is 7.54. The fraction of sp³-hybridized carbons (Fsp3) is 0.304. The van der Waals surface area contributed by atoms with Crippen molar-refractivity contribution in [3.63, 3.8) is 0 Å². The minimum atomic E-state index is -0.224. The Bertz CT molecular complexity index is 884. The first-order chi connectivity index (χ1) is 13.4. The van der Waals surface area contributed by atoms with Crippen LogP contribution >= 0.6 is 0 Å². The van der Waals surface area contributed by atoms with E-state index < -0.39 is 0 Å². The summed E-state index contributed by atoms with van der Waals surface area (Å²) in [6, 6.07) is 16.9. The molecule has 28 heavy (non-hydrogen) atoms. The molecule has 0 saturated carbocycles. The van der Waals surface area contributed by atoms with Gasteiger partial charge in [-0.2, -0.15) is 0 Å². The first-order valence-electron chi connectivity index (χ1n) is 9.34. The van der Waals surface area contributed by atoms with E-state index in [4.69, 9.17) is 9.47 Å². The smallest absolute Gasteiger partial charge is 0.168 e. The predicted molar refractivity (Wildman–Crippen MR) is 110 cm³/mol. The number of aliphatic hydroxyl groups excluding tert-OH is 1. The SMILES string of the molecule is CC1(C)CC(=O)C(C=Nc2ccccc2OCCOc2ccccc2)=C(O)C1. The van der Waals surface area contributed by atoms with E-state index in [1.54, 1.807) is 6.07 Å². The van der Waals surface area contributed by atoms with E-state index in [9.17, 15) is 9.90 Å². The zero-order valence-corrected chi connectivity index (χ0v) is 16.2. The Morgan fingerprint density at radius 2 is 1.68 bits per heavy atom. The molecule has 1 aliphatic carbocycles. The predicted octanol–water partition coefficient (Wildman–Crippen LogP) is 5.05. The topological polar surface area (TPSA) is 68.1 Å². The van der Waals surface area contributed by atoms with Crippen molar-refractivity contribution in [1.82, 2.24) is 0 Å². The highest BCUT2D eigenvalue weighted by Crippen LogP contribution is 2.35. The Balaban J connectivity index is 1.64. The number of ether oxygens (including phenoxy) is 2. The Labute approximate surface area is 165 Å². The molecule has 1 N–H and O–H groups in total. The van der Waals surface area contributed by atoms with E-state index in [-0.39, 0.29) is 22.5 Å². The van der Waals surface area contributed by atoms with Crippen molar-refractivity contribution in [1.29, 1.82) is 0 Å². The highest BCUT2D eigenvalue weighted by molar-refractivity contribution is 6.15. The van der Waals surface area contributed by atoms with Gasteiger partial charge in [-0.25, -0.2) is 0 Å². The number of hydrogen-bond acceptors (Lipinski definition) is 5. The second-order valence-corrected chi connectivity index (χ2v) is 7.54. The molecule has 0 aliphatic heterocycles. The number of allylic oxidation sites excluding steroid dienone is 2. The van der Waals surface area contributed by atoms with E-state index in [0.717, 1.165) is 5.75 Å². The number of hydrogen-bond donors (Lipinski definition) is 1. The van der Waals surface area contributed by atoms with E-state index in [1.165, 1.54) is 6.21 Å². The zero-order chi connectivity index (χ0) is 20.0. The Morgan fingerprint density at radius 3 is 2.43 bits per heavy atom. The number of Topliss-reactive ketones (excluding diaryl/α,β-unsaturated/α-hetero) is 1. The monoisotopic (exact) mass is 379 g/mol. The number of ketones is 1. The number of rotatable bonds is 7. The minimum absolute atomic E-state index is 0.0906. The summed E-state index contributed by atoms with van der Waals surface area (Å²) in [5, 5.41) is 10.2. The maximum absolute atomic E-state index is 12.3. The van der Waals surface area contributed by atoms with Gasteiger partial charge in [0.25, 0.3) is 0 Å². The highest BCUT2D eigenvalue weighted by atomic mass is 16.5. The van der Waals surface area contributed by atoms with Gasteiger partial charge >= 0.3 is 0 Å². The maximum atomic E-state index is 12.3. The van der Waals surface area contributed by atoms with Crippen molar-refractivity contribution in [3.8, 4) is 11.5 Å². The van der Waals surface area contributed by atoms with Crippen LogP contribution in [0.4, 0.5) is 5.69 Å². The maximum Gasteiger partial charge on any atom is 0.168 e. The number of para-hydroxylation sites is 3. The number of benzene rings is 2. The van der Waals surface area contributed by atoms with Crippen LogP contribution in [0.15, 0.2) is 70.9 Å². The van der Waals surface area contributed by atoms with Crippen LogP contribution in [0.3, 0.4) is 0 Å². The minimum Gasteiger partial charge on any atom is -0.511 e. The number of aliphatic hydroxyl groups is 1. The van der Waals surface area contributed by atoms with Gasteiger partial charge in [0.1, 0.15) is 36.2 Å². The van der Waals surface area contributed by atoms with Gasteiger partial charge < -0.3 is 14.6 Å². The Hall–Kier alpha value is -3.08. The van der Waals surface area contributed by atoms with Gasteiger partial charge in [0.2, 0.25) is 0 Å². The third-order valence-corrected chi connectivity index (χ3v) is 4.45. The molecule has 0 atom stereocenters. The van der Waals surface area contributed by atoms with Crippen LogP contribution < -0.4 is 9.47 Å². The number of carbonyl (C=O) groups excluding carboxylic acids is 1. The average Bonchev–Trinajstić information content (AvgIpc) is 2.65. The standard InChI is InChI=1S/C23H25NO4/c1-23(2)14-20(25)18(21(26)15-23)16-24-19-10-6-7-11-22(19)28-13-12-27-17-8-4-3-5-9-17/h3-11,16,25H,12-15H2,1-2H3. The third kappa shape index (κ3) is 5.22. The molecule has 1 aliphatic rings. The lowest BCUT2D eigenvalue weighted by atomic mass is 9.77. The molecule has 0 aromatic heterocycles. The third-order valence-electron chi connectivity index (χ3n) is 4.45. The summed E-state index contributed by atoms with van der Waals surface area (Å²) in [6.45, 7) is 4.70. The van der Waals surface area contributed by atoms with Crippen LogP contribution in [0.1, 0.15) is 26.7 Å². The lowest BCUT2D eigenvalue weighted by Gasteiger charge is -2.28. The second kappa shape index (κ2) is 8.74. The van der Waals surface area contributed by atoms with Crippen molar-refractivity contribution >= 4 is 17.7 Å². The van der Waals surface area contributed by atoms with E-state index in [2.05, 4.69) is 4.99 Å². The van der Waals surface area contributed by atoms with Crippen molar-refractivity contribution in [2.45, 2.75) is 26.7 Å². The fourth-order valence-corrected chi connectivity index (χ4v) is 3.10. The normalized spacial score (nSPS) is 16.4. The van der Waals surface area contributed by atoms with Crippen LogP contribution in [0.2, 0.25) is 0 Å². The van der Waals surface area contributed by atoms with Crippen molar-refractivity contribution in [3.05, 3.63) is 65.9 Å². The zero-order valence-electron chi connectivity index (χ0n) is 16.2. The quantitative estimate of drug-likeness (QED) is 0.540. The van der Waals surface area contributed by atoms with Gasteiger partial charge in [-0.15, -0.1) is 0 Å². The molecule has 3 rings (SSSR count). The molecule has 2 aromatic carbocycles. The van der Waals surface area contributed by atoms with Crippen molar-refractivity contribution < 1.29 is 19.4 Å². The van der Waals surface area contributed by atoms with Gasteiger partial charge in [-0.1, -0.05) is 44.2 Å². The van der Waals surface area contributed by atoms with E-state index in [0.29, 0.717) is 37.5 Å². The van der Waals surface area contributed by atoms with Crippen LogP contribution in [0.5, 0.6) is 11.5 Å². The number of carbonyl (C=O) groups is 1. The van der Waals surface area contributed by atoms with Crippen molar-refractivity contribution in [2.75, 3.05) is 13.2 Å². The summed E-state index contributed by atoms with van der Waals surface area (Å²) >= 11 is 0. The van der Waals surface area contributed by atoms with Gasteiger partial charge in [0.15, 0.2) is 5.78 Å². The molecule has 146 valence electrons. The van der Waals surface area contributed by atoms with Crippen LogP contribution in [0.25, 0.3) is 0 Å². The molecule has 5 heteroatoms. The largest absolute Gasteiger partial charge is 0.511 e. The number of nitrogens with zero attached hydrogens (tertiary/aromatic N) is 1. The summed E-state index contributed by atoms with van der Waals surface area (Å²) < 4.78 is 11.4.